The molecule has 3 rings (SSSR count). The van der Waals surface area contributed by atoms with Crippen LogP contribution in [0, 0.1) is 5.82 Å². The molecule has 0 aliphatic heterocycles. The van der Waals surface area contributed by atoms with Crippen LogP contribution in [0.2, 0.25) is 5.02 Å². The molecule has 4 atom stereocenters. The van der Waals surface area contributed by atoms with Crippen molar-refractivity contribution in [3.05, 3.63) is 71.1 Å². The largest absolute Gasteiger partial charge is 0.443 e. The van der Waals surface area contributed by atoms with Crippen LogP contribution in [0.15, 0.2) is 54.7 Å². The number of halogens is 2. The maximum Gasteiger partial charge on any atom is 0.413 e. The highest BCUT2D eigenvalue weighted by Crippen LogP contribution is 2.19. The maximum absolute atomic E-state index is 14.1. The number of hydrogen-bond donors (Lipinski definition) is 6. The average Bonchev–Trinajstić information content (AvgIpc) is 2.92. The Balaban J connectivity index is 1.74. The molecule has 0 fully saturated rings. The molecule has 6 N–H and O–H groups in total. The molecule has 12 heteroatoms. The Kier molecular flexibility index (Phi) is 11.6. The Bertz CT molecular complexity index is 1190. The molecule has 1 aromatic heterocycles. The van der Waals surface area contributed by atoms with Crippen LogP contribution >= 0.6 is 11.6 Å². The molecule has 38 heavy (non-hydrogen) atoms. The van der Waals surface area contributed by atoms with E-state index < -0.39 is 43.4 Å². The molecule has 10 nitrogen and oxygen atoms in total. The van der Waals surface area contributed by atoms with Gasteiger partial charge in [-0.05, 0) is 17.5 Å². The minimum Gasteiger partial charge on any atom is -0.443 e. The Morgan fingerprint density at radius 3 is 2.50 bits per heavy atom. The van der Waals surface area contributed by atoms with Gasteiger partial charge in [0.05, 0.1) is 24.8 Å². The molecular weight excluding hydrogens is 521 g/mol. The molecule has 0 saturated heterocycles. The number of aliphatic hydroxyl groups excluding tert-OH is 4. The van der Waals surface area contributed by atoms with Crippen LogP contribution in [0.4, 0.5) is 15.0 Å². The van der Waals surface area contributed by atoms with E-state index in [0.717, 1.165) is 10.8 Å². The smallest absolute Gasteiger partial charge is 0.413 e. The van der Waals surface area contributed by atoms with Crippen molar-refractivity contribution in [3.8, 4) is 0 Å². The standard InChI is InChI=1S/C26H31ClFN3O7/c27-25-19(6-3-7-23(25)28)10-31(11-21(34)12-32)20(14-37-16-22(35)13-33)15-38-26(36)30-24-8-17-4-1-2-5-18(17)9-29-24/h1-9,20-22,32-35H,10-16H2,(H,29,30,36)/p+1/t20-,21-,22+/m0/s1. The van der Waals surface area contributed by atoms with Crippen LogP contribution in [0.1, 0.15) is 5.56 Å². The summed E-state index contributed by atoms with van der Waals surface area (Å²) in [5.41, 5.74) is 0.442. The number of rotatable bonds is 14. The number of nitrogens with one attached hydrogen (secondary N) is 2. The first-order valence-corrected chi connectivity index (χ1v) is 12.4. The highest BCUT2D eigenvalue weighted by atomic mass is 35.5. The molecular formula is C26H32ClFN3O7+. The number of aromatic nitrogens is 1. The van der Waals surface area contributed by atoms with E-state index >= 15 is 0 Å². The fourth-order valence-corrected chi connectivity index (χ4v) is 4.02. The number of ether oxygens (including phenoxy) is 2. The van der Waals surface area contributed by atoms with Crippen LogP contribution in [-0.2, 0) is 16.0 Å². The summed E-state index contributed by atoms with van der Waals surface area (Å²) in [5.74, 6) is -0.317. The lowest BCUT2D eigenvalue weighted by molar-refractivity contribution is -0.942. The van der Waals surface area contributed by atoms with Gasteiger partial charge in [0.1, 0.15) is 56.2 Å². The van der Waals surface area contributed by atoms with Gasteiger partial charge in [0.2, 0.25) is 0 Å². The number of anilines is 1. The van der Waals surface area contributed by atoms with Gasteiger partial charge in [-0.15, -0.1) is 0 Å². The maximum atomic E-state index is 14.1. The summed E-state index contributed by atoms with van der Waals surface area (Å²) in [6, 6.07) is 12.9. The van der Waals surface area contributed by atoms with E-state index in [9.17, 15) is 24.5 Å². The molecule has 0 bridgehead atoms. The van der Waals surface area contributed by atoms with Crippen molar-refractivity contribution in [2.45, 2.75) is 24.8 Å². The lowest BCUT2D eigenvalue weighted by Crippen LogP contribution is -3.17. The van der Waals surface area contributed by atoms with Crippen molar-refractivity contribution in [2.24, 2.45) is 0 Å². The van der Waals surface area contributed by atoms with Crippen molar-refractivity contribution in [1.82, 2.24) is 4.98 Å². The number of pyridine rings is 1. The first-order chi connectivity index (χ1) is 18.3. The van der Waals surface area contributed by atoms with Crippen LogP contribution < -0.4 is 10.2 Å². The van der Waals surface area contributed by atoms with E-state index in [4.69, 9.17) is 26.2 Å². The highest BCUT2D eigenvalue weighted by molar-refractivity contribution is 6.31. The van der Waals surface area contributed by atoms with Gasteiger partial charge in [0.15, 0.2) is 0 Å². The van der Waals surface area contributed by atoms with Gasteiger partial charge in [-0.1, -0.05) is 48.0 Å². The highest BCUT2D eigenvalue weighted by Gasteiger charge is 2.28. The lowest BCUT2D eigenvalue weighted by Gasteiger charge is -2.30. The summed E-state index contributed by atoms with van der Waals surface area (Å²) in [4.78, 5) is 17.4. The zero-order valence-corrected chi connectivity index (χ0v) is 21.4. The molecule has 1 heterocycles. The number of carbonyl (C=O) groups excluding carboxylic acids is 1. The van der Waals surface area contributed by atoms with Gasteiger partial charge in [0.25, 0.3) is 0 Å². The molecule has 2 aromatic carbocycles. The number of benzene rings is 2. The van der Waals surface area contributed by atoms with Crippen LogP contribution in [0.25, 0.3) is 10.8 Å². The predicted octanol–water partition coefficient (Wildman–Crippen LogP) is 0.753. The van der Waals surface area contributed by atoms with Crippen molar-refractivity contribution in [2.75, 3.05) is 44.9 Å². The summed E-state index contributed by atoms with van der Waals surface area (Å²) in [5, 5.41) is 42.6. The summed E-state index contributed by atoms with van der Waals surface area (Å²) >= 11 is 6.14. The predicted molar refractivity (Wildman–Crippen MR) is 138 cm³/mol. The number of amides is 1. The summed E-state index contributed by atoms with van der Waals surface area (Å²) < 4.78 is 25.0. The van der Waals surface area contributed by atoms with Gasteiger partial charge in [-0.2, -0.15) is 0 Å². The van der Waals surface area contributed by atoms with Crippen molar-refractivity contribution in [1.29, 1.82) is 0 Å². The second kappa shape index (κ2) is 14.9. The van der Waals surface area contributed by atoms with E-state index in [1.54, 1.807) is 18.3 Å². The summed E-state index contributed by atoms with van der Waals surface area (Å²) in [7, 11) is 0. The van der Waals surface area contributed by atoms with Gasteiger partial charge in [-0.3, -0.25) is 5.32 Å². The minimum atomic E-state index is -1.13. The fraction of sp³-hybridized carbons (Fsp3) is 0.385. The first-order valence-electron chi connectivity index (χ1n) is 12.0. The second-order valence-electron chi connectivity index (χ2n) is 8.80. The summed E-state index contributed by atoms with van der Waals surface area (Å²) in [6.45, 7) is -1.35. The SMILES string of the molecule is O=C(Nc1cc2ccccc2cn1)OC[C@H](COC[C@H](O)CO)[NH+](Cc1cccc(F)c1Cl)C[C@H](O)CO. The Labute approximate surface area is 224 Å². The van der Waals surface area contributed by atoms with E-state index in [1.807, 2.05) is 24.3 Å². The van der Waals surface area contributed by atoms with E-state index in [2.05, 4.69) is 10.3 Å². The quantitative estimate of drug-likeness (QED) is 0.172. The molecule has 3 aromatic rings. The fourth-order valence-electron chi connectivity index (χ4n) is 3.83. The molecule has 1 unspecified atom stereocenters. The molecule has 0 saturated carbocycles. The van der Waals surface area contributed by atoms with Gasteiger partial charge >= 0.3 is 6.09 Å². The zero-order chi connectivity index (χ0) is 27.5. The zero-order valence-electron chi connectivity index (χ0n) is 20.6. The minimum absolute atomic E-state index is 0.00285. The number of carbonyl (C=O) groups is 1. The van der Waals surface area contributed by atoms with Gasteiger partial charge in [0, 0.05) is 17.1 Å². The lowest BCUT2D eigenvalue weighted by atomic mass is 10.1. The van der Waals surface area contributed by atoms with E-state index in [1.165, 1.54) is 12.1 Å². The molecule has 0 aliphatic rings. The Hall–Kier alpha value is -2.90. The Morgan fingerprint density at radius 2 is 1.76 bits per heavy atom. The normalized spacial score (nSPS) is 14.6. The number of fused-ring (bicyclic) bond motifs is 1. The van der Waals surface area contributed by atoms with Gasteiger partial charge < -0.3 is 34.8 Å². The summed E-state index contributed by atoms with van der Waals surface area (Å²) in [6.07, 6.45) is -1.39. The number of quaternary nitrogens is 1. The molecule has 1 amide bonds. The molecule has 0 spiro atoms. The monoisotopic (exact) mass is 552 g/mol. The van der Waals surface area contributed by atoms with E-state index in [-0.39, 0.29) is 37.9 Å². The average molecular weight is 553 g/mol. The number of aliphatic hydroxyl groups is 4. The van der Waals surface area contributed by atoms with Crippen molar-refractivity contribution in [3.63, 3.8) is 0 Å². The third-order valence-corrected chi connectivity index (χ3v) is 6.27. The van der Waals surface area contributed by atoms with Crippen LogP contribution in [-0.4, -0.2) is 89.3 Å². The molecule has 206 valence electrons. The van der Waals surface area contributed by atoms with Crippen LogP contribution in [0.3, 0.4) is 0 Å². The van der Waals surface area contributed by atoms with Gasteiger partial charge in [-0.25, -0.2) is 14.2 Å². The molecule has 0 aliphatic carbocycles. The topological polar surface area (TPSA) is 146 Å². The third-order valence-electron chi connectivity index (χ3n) is 5.85. The van der Waals surface area contributed by atoms with Crippen molar-refractivity contribution >= 4 is 34.3 Å². The third kappa shape index (κ3) is 8.84. The number of hydrogen-bond acceptors (Lipinski definition) is 8. The molecule has 0 radical (unpaired) electrons. The van der Waals surface area contributed by atoms with Crippen molar-refractivity contribution < 1.29 is 44.0 Å². The van der Waals surface area contributed by atoms with Crippen LogP contribution in [0.5, 0.6) is 0 Å². The number of nitrogens with zero attached hydrogens (tertiary/aromatic N) is 1. The first kappa shape index (κ1) is 29.7. The second-order valence-corrected chi connectivity index (χ2v) is 9.18. The van der Waals surface area contributed by atoms with E-state index in [0.29, 0.717) is 16.3 Å². The Morgan fingerprint density at radius 1 is 1.03 bits per heavy atom.